The monoisotopic (exact) mass is 275 g/mol. The third kappa shape index (κ3) is 2.91. The number of halogens is 1. The highest BCUT2D eigenvalue weighted by atomic mass is 19.1. The Bertz CT molecular complexity index is 611. The standard InChI is InChI=1S/C16H18FNO2/c1-10-7-8-12(9-13(10)17)20-15-6-4-5-14(19-3)16(15)11(2)18/h4-9,11H,18H2,1-3H3/t11-/m0/s1. The van der Waals surface area contributed by atoms with E-state index in [1.54, 1.807) is 32.2 Å². The number of aryl methyl sites for hydroxylation is 1. The van der Waals surface area contributed by atoms with E-state index in [0.717, 1.165) is 5.56 Å². The summed E-state index contributed by atoms with van der Waals surface area (Å²) in [5, 5.41) is 0. The molecule has 0 aliphatic rings. The van der Waals surface area contributed by atoms with Gasteiger partial charge in [-0.05, 0) is 37.6 Å². The van der Waals surface area contributed by atoms with Crippen LogP contribution in [0, 0.1) is 12.7 Å². The minimum atomic E-state index is -0.298. The zero-order chi connectivity index (χ0) is 14.7. The number of rotatable bonds is 4. The predicted molar refractivity (Wildman–Crippen MR) is 76.8 cm³/mol. The van der Waals surface area contributed by atoms with Gasteiger partial charge in [-0.15, -0.1) is 0 Å². The van der Waals surface area contributed by atoms with E-state index < -0.39 is 0 Å². The van der Waals surface area contributed by atoms with Crippen LogP contribution in [0.5, 0.6) is 17.2 Å². The lowest BCUT2D eigenvalue weighted by atomic mass is 10.1. The average Bonchev–Trinajstić information content (AvgIpc) is 2.42. The topological polar surface area (TPSA) is 44.5 Å². The Morgan fingerprint density at radius 2 is 1.85 bits per heavy atom. The van der Waals surface area contributed by atoms with Gasteiger partial charge in [0.1, 0.15) is 23.1 Å². The predicted octanol–water partition coefficient (Wildman–Crippen LogP) is 3.95. The van der Waals surface area contributed by atoms with Crippen molar-refractivity contribution in [2.75, 3.05) is 7.11 Å². The molecule has 2 rings (SSSR count). The maximum atomic E-state index is 13.6. The van der Waals surface area contributed by atoms with E-state index in [-0.39, 0.29) is 11.9 Å². The van der Waals surface area contributed by atoms with Crippen LogP contribution in [-0.4, -0.2) is 7.11 Å². The summed E-state index contributed by atoms with van der Waals surface area (Å²) >= 11 is 0. The fourth-order valence-corrected chi connectivity index (χ4v) is 2.00. The van der Waals surface area contributed by atoms with Crippen molar-refractivity contribution in [3.8, 4) is 17.2 Å². The second-order valence-electron chi connectivity index (χ2n) is 4.67. The minimum absolute atomic E-state index is 0.253. The molecule has 106 valence electrons. The molecule has 0 saturated carbocycles. The Hall–Kier alpha value is -2.07. The molecule has 0 bridgehead atoms. The number of methoxy groups -OCH3 is 1. The molecule has 3 nitrogen and oxygen atoms in total. The van der Waals surface area contributed by atoms with Gasteiger partial charge in [-0.25, -0.2) is 4.39 Å². The van der Waals surface area contributed by atoms with Gasteiger partial charge in [-0.3, -0.25) is 0 Å². The highest BCUT2D eigenvalue weighted by Gasteiger charge is 2.15. The van der Waals surface area contributed by atoms with Crippen molar-refractivity contribution >= 4 is 0 Å². The molecule has 4 heteroatoms. The van der Waals surface area contributed by atoms with Crippen molar-refractivity contribution in [2.45, 2.75) is 19.9 Å². The van der Waals surface area contributed by atoms with Gasteiger partial charge in [0.15, 0.2) is 0 Å². The summed E-state index contributed by atoms with van der Waals surface area (Å²) < 4.78 is 24.6. The van der Waals surface area contributed by atoms with Crippen molar-refractivity contribution in [1.29, 1.82) is 0 Å². The van der Waals surface area contributed by atoms with E-state index in [1.165, 1.54) is 6.07 Å². The maximum absolute atomic E-state index is 13.6. The van der Waals surface area contributed by atoms with Gasteiger partial charge in [0.25, 0.3) is 0 Å². The SMILES string of the molecule is COc1cccc(Oc2ccc(C)c(F)c2)c1[C@H](C)N. The van der Waals surface area contributed by atoms with Gasteiger partial charge in [0, 0.05) is 12.1 Å². The van der Waals surface area contributed by atoms with Crippen LogP contribution in [0.25, 0.3) is 0 Å². The molecule has 0 fully saturated rings. The molecule has 0 saturated heterocycles. The molecule has 0 heterocycles. The summed E-state index contributed by atoms with van der Waals surface area (Å²) in [7, 11) is 1.58. The van der Waals surface area contributed by atoms with E-state index in [9.17, 15) is 4.39 Å². The largest absolute Gasteiger partial charge is 0.496 e. The van der Waals surface area contributed by atoms with Crippen molar-refractivity contribution < 1.29 is 13.9 Å². The zero-order valence-corrected chi connectivity index (χ0v) is 11.8. The third-order valence-electron chi connectivity index (χ3n) is 3.07. The number of hydrogen-bond acceptors (Lipinski definition) is 3. The lowest BCUT2D eigenvalue weighted by molar-refractivity contribution is 0.397. The molecule has 0 amide bonds. The fraction of sp³-hybridized carbons (Fsp3) is 0.250. The second-order valence-corrected chi connectivity index (χ2v) is 4.67. The van der Waals surface area contributed by atoms with Crippen LogP contribution in [0.1, 0.15) is 24.1 Å². The molecule has 0 aliphatic heterocycles. The molecule has 0 unspecified atom stereocenters. The number of nitrogens with two attached hydrogens (primary N) is 1. The Balaban J connectivity index is 2.40. The van der Waals surface area contributed by atoms with Gasteiger partial charge in [-0.2, -0.15) is 0 Å². The first-order valence-electron chi connectivity index (χ1n) is 6.39. The Kier molecular flexibility index (Phi) is 4.25. The van der Waals surface area contributed by atoms with Crippen LogP contribution in [0.3, 0.4) is 0 Å². The molecule has 0 radical (unpaired) electrons. The summed E-state index contributed by atoms with van der Waals surface area (Å²) in [5.41, 5.74) is 7.30. The number of benzene rings is 2. The Morgan fingerprint density at radius 3 is 2.45 bits per heavy atom. The zero-order valence-electron chi connectivity index (χ0n) is 11.8. The molecule has 0 aliphatic carbocycles. The fourth-order valence-electron chi connectivity index (χ4n) is 2.00. The second kappa shape index (κ2) is 5.92. The van der Waals surface area contributed by atoms with Crippen LogP contribution in [0.2, 0.25) is 0 Å². The first-order valence-corrected chi connectivity index (χ1v) is 6.39. The van der Waals surface area contributed by atoms with Gasteiger partial charge < -0.3 is 15.2 Å². The van der Waals surface area contributed by atoms with E-state index in [0.29, 0.717) is 22.8 Å². The van der Waals surface area contributed by atoms with Crippen LogP contribution >= 0.6 is 0 Å². The molecular formula is C16H18FNO2. The first kappa shape index (κ1) is 14.3. The highest BCUT2D eigenvalue weighted by molar-refractivity contribution is 5.48. The van der Waals surface area contributed by atoms with Crippen LogP contribution in [0.15, 0.2) is 36.4 Å². The highest BCUT2D eigenvalue weighted by Crippen LogP contribution is 2.35. The smallest absolute Gasteiger partial charge is 0.135 e. The molecule has 0 spiro atoms. The molecule has 1 atom stereocenters. The van der Waals surface area contributed by atoms with Crippen LogP contribution in [-0.2, 0) is 0 Å². The average molecular weight is 275 g/mol. The van der Waals surface area contributed by atoms with Gasteiger partial charge >= 0.3 is 0 Å². The van der Waals surface area contributed by atoms with E-state index in [1.807, 2.05) is 19.1 Å². The van der Waals surface area contributed by atoms with E-state index in [4.69, 9.17) is 15.2 Å². The van der Waals surface area contributed by atoms with Gasteiger partial charge in [-0.1, -0.05) is 12.1 Å². The van der Waals surface area contributed by atoms with E-state index >= 15 is 0 Å². The normalized spacial score (nSPS) is 12.1. The Morgan fingerprint density at radius 1 is 1.15 bits per heavy atom. The Labute approximate surface area is 118 Å². The maximum Gasteiger partial charge on any atom is 0.135 e. The minimum Gasteiger partial charge on any atom is -0.496 e. The quantitative estimate of drug-likeness (QED) is 0.918. The number of hydrogen-bond donors (Lipinski definition) is 1. The lowest BCUT2D eigenvalue weighted by Gasteiger charge is -2.17. The lowest BCUT2D eigenvalue weighted by Crippen LogP contribution is -2.08. The van der Waals surface area contributed by atoms with E-state index in [2.05, 4.69) is 0 Å². The first-order chi connectivity index (χ1) is 9.52. The number of ether oxygens (including phenoxy) is 2. The molecule has 2 N–H and O–H groups in total. The summed E-state index contributed by atoms with van der Waals surface area (Å²) in [6.45, 7) is 3.55. The third-order valence-corrected chi connectivity index (χ3v) is 3.07. The van der Waals surface area contributed by atoms with Crippen molar-refractivity contribution in [3.05, 3.63) is 53.3 Å². The summed E-state index contributed by atoms with van der Waals surface area (Å²) in [5.74, 6) is 1.36. The van der Waals surface area contributed by atoms with Gasteiger partial charge in [0.2, 0.25) is 0 Å². The molecular weight excluding hydrogens is 257 g/mol. The van der Waals surface area contributed by atoms with Crippen LogP contribution in [0.4, 0.5) is 4.39 Å². The summed E-state index contributed by atoms with van der Waals surface area (Å²) in [6.07, 6.45) is 0. The molecule has 20 heavy (non-hydrogen) atoms. The molecule has 0 aromatic heterocycles. The van der Waals surface area contributed by atoms with Crippen molar-refractivity contribution in [2.24, 2.45) is 5.73 Å². The van der Waals surface area contributed by atoms with Crippen molar-refractivity contribution in [3.63, 3.8) is 0 Å². The molecule has 2 aromatic carbocycles. The summed E-state index contributed by atoms with van der Waals surface area (Å²) in [6, 6.07) is 9.93. The van der Waals surface area contributed by atoms with Gasteiger partial charge in [0.05, 0.1) is 12.7 Å². The van der Waals surface area contributed by atoms with Crippen molar-refractivity contribution in [1.82, 2.24) is 0 Å². The molecule has 2 aromatic rings. The summed E-state index contributed by atoms with van der Waals surface area (Å²) in [4.78, 5) is 0. The van der Waals surface area contributed by atoms with Crippen LogP contribution < -0.4 is 15.2 Å².